The van der Waals surface area contributed by atoms with Gasteiger partial charge in [0, 0.05) is 0 Å². The average Bonchev–Trinajstić information content (AvgIpc) is 3.47. The predicted molar refractivity (Wildman–Crippen MR) is 83.7 cm³/mol. The topological polar surface area (TPSA) is 0 Å². The molecule has 1 heteroatoms. The van der Waals surface area contributed by atoms with Gasteiger partial charge in [-0.3, -0.25) is 0 Å². The molecule has 0 bridgehead atoms. The fourth-order valence-corrected chi connectivity index (χ4v) is 115. The van der Waals surface area contributed by atoms with Crippen LogP contribution in [0.25, 0.3) is 0 Å². The Morgan fingerprint density at radius 3 is 1.29 bits per heavy atom. The Morgan fingerprint density at radius 1 is 0.571 bits per heavy atom. The molecular formula is C20H30Fe. The van der Waals surface area contributed by atoms with E-state index in [0.717, 1.165) is 21.6 Å². The second kappa shape index (κ2) is 0.857. The van der Waals surface area contributed by atoms with E-state index in [0.29, 0.717) is 0 Å². The van der Waals surface area contributed by atoms with Crippen molar-refractivity contribution in [3.63, 3.8) is 0 Å². The van der Waals surface area contributed by atoms with E-state index in [2.05, 4.69) is 34.6 Å². The molecule has 0 nitrogen and oxygen atoms in total. The van der Waals surface area contributed by atoms with Crippen LogP contribution < -0.4 is 0 Å². The molecule has 10 aliphatic heterocycles. The fraction of sp³-hybridized carbons (Fsp3) is 1.00. The van der Waals surface area contributed by atoms with Gasteiger partial charge in [0.1, 0.15) is 0 Å². The Balaban J connectivity index is 1.67. The molecule has 21 heavy (non-hydrogen) atoms. The Labute approximate surface area is 119 Å². The van der Waals surface area contributed by atoms with Crippen molar-refractivity contribution in [1.29, 1.82) is 0 Å². The van der Waals surface area contributed by atoms with Crippen molar-refractivity contribution >= 4 is 0 Å². The third-order valence-corrected chi connectivity index (χ3v) is 67.1. The molecule has 0 aromatic carbocycles. The molecule has 0 radical (unpaired) electrons. The van der Waals surface area contributed by atoms with Crippen molar-refractivity contribution in [3.05, 3.63) is 0 Å². The molecule has 10 heterocycles. The van der Waals surface area contributed by atoms with Crippen molar-refractivity contribution in [1.82, 2.24) is 0 Å². The molecule has 10 rings (SSSR count). The zero-order valence-electron chi connectivity index (χ0n) is 14.3. The molecule has 0 aromatic rings. The summed E-state index contributed by atoms with van der Waals surface area (Å²) in [5, 5.41) is 0. The van der Waals surface area contributed by atoms with Crippen LogP contribution in [-0.4, -0.2) is 0 Å². The van der Waals surface area contributed by atoms with Crippen LogP contribution in [0.15, 0.2) is 0 Å². The molecule has 0 amide bonds. The van der Waals surface area contributed by atoms with Gasteiger partial charge in [-0.2, -0.15) is 0 Å². The second-order valence-electron chi connectivity index (χ2n) is 12.6. The number of hydrogen-bond donors (Lipinski definition) is 0. The summed E-state index contributed by atoms with van der Waals surface area (Å²) < 4.78 is 5.41. The van der Waals surface area contributed by atoms with Crippen LogP contribution in [0.2, 0.25) is 45.6 Å². The van der Waals surface area contributed by atoms with E-state index in [4.69, 9.17) is 0 Å². The Kier molecular flexibility index (Phi) is 0.397. The summed E-state index contributed by atoms with van der Waals surface area (Å²) in [6.45, 7) is 9.91. The van der Waals surface area contributed by atoms with Gasteiger partial charge in [-0.05, 0) is 0 Å². The monoisotopic (exact) mass is 326 g/mol. The third kappa shape index (κ3) is 0.0888. The summed E-state index contributed by atoms with van der Waals surface area (Å²) in [6, 6.07) is 0. The van der Waals surface area contributed by atoms with Crippen molar-refractivity contribution in [2.75, 3.05) is 0 Å². The molecule has 10 saturated heterocycles. The molecule has 10 fully saturated rings. The summed E-state index contributed by atoms with van der Waals surface area (Å²) in [6.07, 6.45) is 8.23. The number of rotatable bonds is 5. The first-order valence-corrected chi connectivity index (χ1v) is 16.0. The van der Waals surface area contributed by atoms with Crippen molar-refractivity contribution in [2.45, 2.75) is 112 Å². The summed E-state index contributed by atoms with van der Waals surface area (Å²) in [7, 11) is 0. The molecule has 0 aromatic heterocycles. The fourth-order valence-electron chi connectivity index (χ4n) is 25.0. The molecule has 8 atom stereocenters. The number of fused-ring (bicyclic) bond motifs is 10. The van der Waals surface area contributed by atoms with E-state index >= 15 is 0 Å². The Morgan fingerprint density at radius 2 is 1.00 bits per heavy atom. The van der Waals surface area contributed by atoms with Crippen LogP contribution in [0.4, 0.5) is 0 Å². The quantitative estimate of drug-likeness (QED) is 0.466. The predicted octanol–water partition coefficient (Wildman–Crippen LogP) is 7.28. The van der Waals surface area contributed by atoms with Crippen molar-refractivity contribution < 1.29 is 6.51 Å². The maximum atomic E-state index is 2.66. The van der Waals surface area contributed by atoms with Gasteiger partial charge in [-0.15, -0.1) is 0 Å². The first kappa shape index (κ1) is 9.73. The zero-order valence-corrected chi connectivity index (χ0v) is 15.4. The molecule has 10 aliphatic rings. The number of hydrogen-bond acceptors (Lipinski definition) is 0. The van der Waals surface area contributed by atoms with Gasteiger partial charge in [0.15, 0.2) is 0 Å². The normalized spacial score (nSPS) is 113. The van der Waals surface area contributed by atoms with Gasteiger partial charge in [0.25, 0.3) is 0 Å². The van der Waals surface area contributed by atoms with Gasteiger partial charge < -0.3 is 0 Å². The van der Waals surface area contributed by atoms with Crippen LogP contribution in [0.5, 0.6) is 0 Å². The second-order valence-corrected chi connectivity index (χ2v) is 35.3. The molecule has 0 saturated carbocycles. The molecule has 8 unspecified atom stereocenters. The van der Waals surface area contributed by atoms with E-state index in [1.54, 1.807) is 32.1 Å². The van der Waals surface area contributed by atoms with Crippen LogP contribution in [-0.2, 0) is 6.51 Å². The van der Waals surface area contributed by atoms with Crippen LogP contribution in [0.3, 0.4) is 0 Å². The van der Waals surface area contributed by atoms with Crippen molar-refractivity contribution in [3.8, 4) is 0 Å². The molecule has 118 valence electrons. The Bertz CT molecular complexity index is 1080. The van der Waals surface area contributed by atoms with E-state index in [1.165, 1.54) is 24.1 Å². The molecule has 0 N–H and O–H groups in total. The van der Waals surface area contributed by atoms with E-state index in [-0.39, 0.29) is 0 Å². The van der Waals surface area contributed by atoms with Gasteiger partial charge in [-0.1, -0.05) is 0 Å². The van der Waals surface area contributed by atoms with Crippen LogP contribution >= 0.6 is 0 Å². The van der Waals surface area contributed by atoms with E-state index in [9.17, 15) is 0 Å². The molecule has 0 aliphatic carbocycles. The van der Waals surface area contributed by atoms with Gasteiger partial charge in [0.05, 0.1) is 0 Å². The first-order valence-electron chi connectivity index (χ1n) is 10.1. The molecule has 1 spiro atoms. The van der Waals surface area contributed by atoms with Crippen LogP contribution in [0.1, 0.15) is 66.7 Å². The summed E-state index contributed by atoms with van der Waals surface area (Å²) in [4.78, 5) is 7.17. The zero-order chi connectivity index (χ0) is 14.2. The third-order valence-electron chi connectivity index (χ3n) is 19.3. The average molecular weight is 326 g/mol. The van der Waals surface area contributed by atoms with E-state index in [1.807, 2.05) is 0 Å². The summed E-state index contributed by atoms with van der Waals surface area (Å²) >= 11 is 0. The first-order chi connectivity index (χ1) is 9.90. The summed E-state index contributed by atoms with van der Waals surface area (Å²) in [5.74, 6) is 0. The van der Waals surface area contributed by atoms with Crippen molar-refractivity contribution in [2.24, 2.45) is 0 Å². The van der Waals surface area contributed by atoms with Gasteiger partial charge >= 0.3 is 119 Å². The SMILES string of the molecule is CC[C]12[CH]3[CH]4[C]5(CC)[CH]1[Fe]34251678[CH]2[C]1(CC)[CH]6[C]7(CC)[C]28CC. The minimum atomic E-state index is -3.38. The standard InChI is InChI=1S/C11H17.C9H13.Fe/c1-4-9-7-10(5-2)11(6-3)8-9;1-3-8-5-6-9(4-2)7-8;/h7-8H,4-6H2,1-3H3;5-7H,3-4H2,1-2H3;. The minimum absolute atomic E-state index is 1.07. The molecular weight excluding hydrogens is 296 g/mol. The van der Waals surface area contributed by atoms with Gasteiger partial charge in [0.2, 0.25) is 0 Å². The summed E-state index contributed by atoms with van der Waals surface area (Å²) in [5.41, 5.74) is 0. The van der Waals surface area contributed by atoms with E-state index < -0.39 is 6.51 Å². The van der Waals surface area contributed by atoms with Crippen LogP contribution in [0, 0.1) is 0 Å². The maximum absolute atomic E-state index is 3.38. The van der Waals surface area contributed by atoms with Gasteiger partial charge in [-0.25, -0.2) is 0 Å². The Hall–Kier alpha value is 0.519.